The zero-order chi connectivity index (χ0) is 19.1. The smallest absolute Gasteiger partial charge is 0.258 e. The third-order valence-electron chi connectivity index (χ3n) is 3.81. The Bertz CT molecular complexity index is 907. The molecule has 0 saturated heterocycles. The van der Waals surface area contributed by atoms with Gasteiger partial charge in [0.2, 0.25) is 0 Å². The first-order valence-corrected chi connectivity index (χ1v) is 8.32. The number of nitrogens with zero attached hydrogens (tertiary/aromatic N) is 1. The lowest BCUT2D eigenvalue weighted by molar-refractivity contribution is -0.123. The molecule has 1 N–H and O–H groups in total. The van der Waals surface area contributed by atoms with E-state index in [4.69, 9.17) is 18.7 Å². The maximum Gasteiger partial charge on any atom is 0.258 e. The van der Waals surface area contributed by atoms with Crippen LogP contribution in [-0.4, -0.2) is 31.9 Å². The van der Waals surface area contributed by atoms with E-state index < -0.39 is 0 Å². The third-order valence-corrected chi connectivity index (χ3v) is 3.81. The molecule has 0 spiro atoms. The first kappa shape index (κ1) is 18.3. The Morgan fingerprint density at radius 3 is 2.63 bits per heavy atom. The van der Waals surface area contributed by atoms with Crippen LogP contribution in [0.2, 0.25) is 0 Å². The van der Waals surface area contributed by atoms with Gasteiger partial charge in [-0.05, 0) is 24.3 Å². The minimum Gasteiger partial charge on any atom is -0.497 e. The lowest BCUT2D eigenvalue weighted by Gasteiger charge is -2.09. The fraction of sp³-hybridized carbons (Fsp3) is 0.200. The molecule has 3 aromatic rings. The lowest BCUT2D eigenvalue weighted by Crippen LogP contribution is -2.28. The quantitative estimate of drug-likeness (QED) is 0.658. The maximum atomic E-state index is 12.0. The van der Waals surface area contributed by atoms with Crippen molar-refractivity contribution >= 4 is 5.91 Å². The predicted octanol–water partition coefficient (Wildman–Crippen LogP) is 3.05. The van der Waals surface area contributed by atoms with Gasteiger partial charge in [0.15, 0.2) is 23.9 Å². The number of aromatic nitrogens is 1. The van der Waals surface area contributed by atoms with Crippen molar-refractivity contribution in [3.63, 3.8) is 0 Å². The SMILES string of the molecule is COc1cccc(-c2cc(CNC(=O)COc3ccccc3OC)no2)c1. The van der Waals surface area contributed by atoms with Crippen LogP contribution in [0.25, 0.3) is 11.3 Å². The number of nitrogens with one attached hydrogen (secondary N) is 1. The summed E-state index contributed by atoms with van der Waals surface area (Å²) in [6.45, 7) is 0.114. The van der Waals surface area contributed by atoms with Crippen molar-refractivity contribution < 1.29 is 23.5 Å². The van der Waals surface area contributed by atoms with Crippen LogP contribution in [0.4, 0.5) is 0 Å². The van der Waals surface area contributed by atoms with Crippen LogP contribution in [0.1, 0.15) is 5.69 Å². The van der Waals surface area contributed by atoms with Crippen molar-refractivity contribution in [1.82, 2.24) is 10.5 Å². The number of rotatable bonds is 8. The first-order chi connectivity index (χ1) is 13.2. The minimum atomic E-state index is -0.271. The summed E-state index contributed by atoms with van der Waals surface area (Å²) < 4.78 is 21.2. The highest BCUT2D eigenvalue weighted by molar-refractivity contribution is 5.77. The maximum absolute atomic E-state index is 12.0. The van der Waals surface area contributed by atoms with Crippen LogP contribution < -0.4 is 19.5 Å². The summed E-state index contributed by atoms with van der Waals surface area (Å²) >= 11 is 0. The van der Waals surface area contributed by atoms with E-state index in [1.807, 2.05) is 36.4 Å². The summed E-state index contributed by atoms with van der Waals surface area (Å²) in [5.41, 5.74) is 1.46. The second-order valence-corrected chi connectivity index (χ2v) is 5.63. The summed E-state index contributed by atoms with van der Waals surface area (Å²) in [5, 5.41) is 6.72. The summed E-state index contributed by atoms with van der Waals surface area (Å²) in [7, 11) is 3.15. The Hall–Kier alpha value is -3.48. The second kappa shape index (κ2) is 8.75. The number of carbonyl (C=O) groups is 1. The molecule has 2 aromatic carbocycles. The van der Waals surface area contributed by atoms with E-state index in [2.05, 4.69) is 10.5 Å². The number of hydrogen-bond donors (Lipinski definition) is 1. The number of benzene rings is 2. The molecule has 0 unspecified atom stereocenters. The molecule has 140 valence electrons. The topological polar surface area (TPSA) is 82.8 Å². The molecule has 0 fully saturated rings. The normalized spacial score (nSPS) is 10.3. The van der Waals surface area contributed by atoms with Gasteiger partial charge in [-0.3, -0.25) is 4.79 Å². The van der Waals surface area contributed by atoms with Gasteiger partial charge < -0.3 is 24.1 Å². The van der Waals surface area contributed by atoms with E-state index >= 15 is 0 Å². The number of methoxy groups -OCH3 is 2. The number of para-hydroxylation sites is 2. The highest BCUT2D eigenvalue weighted by atomic mass is 16.5. The fourth-order valence-corrected chi connectivity index (χ4v) is 2.43. The van der Waals surface area contributed by atoms with E-state index in [1.165, 1.54) is 0 Å². The Kier molecular flexibility index (Phi) is 5.94. The number of ether oxygens (including phenoxy) is 3. The molecule has 3 rings (SSSR count). The average molecular weight is 368 g/mol. The summed E-state index contributed by atoms with van der Waals surface area (Å²) in [6.07, 6.45) is 0. The summed E-state index contributed by atoms with van der Waals surface area (Å²) in [6, 6.07) is 16.4. The molecule has 0 atom stereocenters. The summed E-state index contributed by atoms with van der Waals surface area (Å²) in [4.78, 5) is 12.0. The zero-order valence-electron chi connectivity index (χ0n) is 15.1. The number of amides is 1. The Morgan fingerprint density at radius 1 is 1.04 bits per heavy atom. The second-order valence-electron chi connectivity index (χ2n) is 5.63. The highest BCUT2D eigenvalue weighted by Gasteiger charge is 2.10. The molecule has 0 aliphatic carbocycles. The zero-order valence-corrected chi connectivity index (χ0v) is 15.1. The van der Waals surface area contributed by atoms with Gasteiger partial charge in [0.25, 0.3) is 5.91 Å². The molecule has 1 amide bonds. The van der Waals surface area contributed by atoms with Gasteiger partial charge in [-0.2, -0.15) is 0 Å². The van der Waals surface area contributed by atoms with Crippen molar-refractivity contribution in [1.29, 1.82) is 0 Å². The Balaban J connectivity index is 1.53. The molecule has 0 bridgehead atoms. The van der Waals surface area contributed by atoms with Crippen molar-refractivity contribution in [3.05, 3.63) is 60.3 Å². The van der Waals surface area contributed by atoms with Gasteiger partial charge >= 0.3 is 0 Å². The molecular weight excluding hydrogens is 348 g/mol. The van der Waals surface area contributed by atoms with Gasteiger partial charge in [-0.15, -0.1) is 0 Å². The van der Waals surface area contributed by atoms with Crippen LogP contribution in [0.15, 0.2) is 59.1 Å². The van der Waals surface area contributed by atoms with Crippen LogP contribution in [0.3, 0.4) is 0 Å². The van der Waals surface area contributed by atoms with Crippen LogP contribution in [0.5, 0.6) is 17.2 Å². The Labute approximate surface area is 156 Å². The van der Waals surface area contributed by atoms with Crippen LogP contribution >= 0.6 is 0 Å². The van der Waals surface area contributed by atoms with Crippen molar-refractivity contribution in [2.75, 3.05) is 20.8 Å². The Morgan fingerprint density at radius 2 is 1.85 bits per heavy atom. The van der Waals surface area contributed by atoms with Crippen LogP contribution in [-0.2, 0) is 11.3 Å². The van der Waals surface area contributed by atoms with E-state index in [0.29, 0.717) is 23.0 Å². The van der Waals surface area contributed by atoms with Crippen molar-refractivity contribution in [3.8, 4) is 28.6 Å². The van der Waals surface area contributed by atoms with E-state index in [0.717, 1.165) is 11.3 Å². The van der Waals surface area contributed by atoms with E-state index in [1.54, 1.807) is 32.4 Å². The number of hydrogen-bond acceptors (Lipinski definition) is 6. The third kappa shape index (κ3) is 4.78. The molecule has 0 radical (unpaired) electrons. The molecule has 1 aromatic heterocycles. The highest BCUT2D eigenvalue weighted by Crippen LogP contribution is 2.26. The number of carbonyl (C=O) groups excluding carboxylic acids is 1. The molecular formula is C20H20N2O5. The lowest BCUT2D eigenvalue weighted by atomic mass is 10.1. The largest absolute Gasteiger partial charge is 0.497 e. The fourth-order valence-electron chi connectivity index (χ4n) is 2.43. The molecule has 0 saturated carbocycles. The predicted molar refractivity (Wildman–Crippen MR) is 98.8 cm³/mol. The van der Waals surface area contributed by atoms with Gasteiger partial charge in [-0.1, -0.05) is 29.4 Å². The molecule has 0 aliphatic heterocycles. The molecule has 1 heterocycles. The van der Waals surface area contributed by atoms with Gasteiger partial charge in [-0.25, -0.2) is 0 Å². The molecule has 7 nitrogen and oxygen atoms in total. The van der Waals surface area contributed by atoms with E-state index in [-0.39, 0.29) is 19.1 Å². The molecule has 0 aliphatic rings. The van der Waals surface area contributed by atoms with Gasteiger partial charge in [0, 0.05) is 11.6 Å². The average Bonchev–Trinajstić information content (AvgIpc) is 3.20. The van der Waals surface area contributed by atoms with Crippen LogP contribution in [0, 0.1) is 0 Å². The monoisotopic (exact) mass is 368 g/mol. The molecule has 27 heavy (non-hydrogen) atoms. The summed E-state index contributed by atoms with van der Waals surface area (Å²) in [5.74, 6) is 2.14. The van der Waals surface area contributed by atoms with Crippen molar-refractivity contribution in [2.45, 2.75) is 6.54 Å². The molecule has 7 heteroatoms. The first-order valence-electron chi connectivity index (χ1n) is 8.32. The van der Waals surface area contributed by atoms with Crippen molar-refractivity contribution in [2.24, 2.45) is 0 Å². The standard InChI is InChI=1S/C20H20N2O5/c1-24-16-7-5-6-14(10-16)19-11-15(22-27-19)12-21-20(23)13-26-18-9-4-3-8-17(18)25-2/h3-11H,12-13H2,1-2H3,(H,21,23). The minimum absolute atomic E-state index is 0.124. The van der Waals surface area contributed by atoms with Gasteiger partial charge in [0.05, 0.1) is 20.8 Å². The van der Waals surface area contributed by atoms with Gasteiger partial charge in [0.1, 0.15) is 11.4 Å². The van der Waals surface area contributed by atoms with E-state index in [9.17, 15) is 4.79 Å².